The molecule has 1 aromatic heterocycles. The quantitative estimate of drug-likeness (QED) is 0.711. The molecule has 2 aromatic carbocycles. The Balaban J connectivity index is 1.57. The van der Waals surface area contributed by atoms with Crippen molar-refractivity contribution in [2.24, 2.45) is 0 Å². The second kappa shape index (κ2) is 8.29. The third-order valence-electron chi connectivity index (χ3n) is 4.15. The van der Waals surface area contributed by atoms with Crippen LogP contribution in [0.15, 0.2) is 60.8 Å². The van der Waals surface area contributed by atoms with Crippen molar-refractivity contribution in [3.8, 4) is 11.4 Å². The van der Waals surface area contributed by atoms with Crippen LogP contribution in [-0.2, 0) is 6.42 Å². The Morgan fingerprint density at radius 3 is 2.58 bits per heavy atom. The van der Waals surface area contributed by atoms with Crippen molar-refractivity contribution in [3.63, 3.8) is 0 Å². The predicted octanol–water partition coefficient (Wildman–Crippen LogP) is 3.03. The molecule has 0 aliphatic heterocycles. The molecule has 3 aromatic rings. The number of methoxy groups -OCH3 is 1. The SMILES string of the molecule is COc1ccc(-n2cc(C(=O)N[C@H](C)CCc3ccccc3)nn2)cc1. The Kier molecular flexibility index (Phi) is 5.63. The fraction of sp³-hybridized carbons (Fsp3) is 0.250. The molecule has 6 nitrogen and oxygen atoms in total. The van der Waals surface area contributed by atoms with Crippen molar-refractivity contribution in [2.45, 2.75) is 25.8 Å². The van der Waals surface area contributed by atoms with Crippen LogP contribution in [0.1, 0.15) is 29.4 Å². The van der Waals surface area contributed by atoms with Gasteiger partial charge in [-0.1, -0.05) is 35.5 Å². The first-order valence-corrected chi connectivity index (χ1v) is 8.57. The van der Waals surface area contributed by atoms with Crippen LogP contribution in [0.2, 0.25) is 0 Å². The third kappa shape index (κ3) is 4.47. The van der Waals surface area contributed by atoms with Crippen molar-refractivity contribution in [2.75, 3.05) is 7.11 Å². The number of nitrogens with zero attached hydrogens (tertiary/aromatic N) is 3. The summed E-state index contributed by atoms with van der Waals surface area (Å²) >= 11 is 0. The van der Waals surface area contributed by atoms with E-state index >= 15 is 0 Å². The smallest absolute Gasteiger partial charge is 0.273 e. The van der Waals surface area contributed by atoms with Gasteiger partial charge in [0.15, 0.2) is 5.69 Å². The summed E-state index contributed by atoms with van der Waals surface area (Å²) in [6.07, 6.45) is 3.41. The predicted molar refractivity (Wildman–Crippen MR) is 99.6 cm³/mol. The van der Waals surface area contributed by atoms with Gasteiger partial charge in [-0.2, -0.15) is 0 Å². The molecule has 1 heterocycles. The van der Waals surface area contributed by atoms with E-state index < -0.39 is 0 Å². The van der Waals surface area contributed by atoms with Gasteiger partial charge < -0.3 is 10.1 Å². The fourth-order valence-corrected chi connectivity index (χ4v) is 2.63. The molecule has 0 spiro atoms. The molecule has 0 aliphatic carbocycles. The summed E-state index contributed by atoms with van der Waals surface area (Å²) in [5, 5.41) is 11.0. The van der Waals surface area contributed by atoms with Crippen molar-refractivity contribution in [1.29, 1.82) is 0 Å². The standard InChI is InChI=1S/C20H22N4O2/c1-15(8-9-16-6-4-3-5-7-16)21-20(25)19-14-24(23-22-19)17-10-12-18(26-2)13-11-17/h3-7,10-15H,8-9H2,1-2H3,(H,21,25)/t15-/m1/s1. The lowest BCUT2D eigenvalue weighted by Gasteiger charge is -2.12. The zero-order valence-corrected chi connectivity index (χ0v) is 14.9. The van der Waals surface area contributed by atoms with Crippen LogP contribution in [0.5, 0.6) is 5.75 Å². The largest absolute Gasteiger partial charge is 0.497 e. The second-order valence-electron chi connectivity index (χ2n) is 6.15. The molecule has 1 amide bonds. The maximum absolute atomic E-state index is 12.4. The Labute approximate surface area is 152 Å². The van der Waals surface area contributed by atoms with Gasteiger partial charge in [0, 0.05) is 6.04 Å². The van der Waals surface area contributed by atoms with Crippen LogP contribution in [0.4, 0.5) is 0 Å². The Bertz CT molecular complexity index is 844. The molecule has 0 saturated heterocycles. The minimum atomic E-state index is -0.217. The molecule has 6 heteroatoms. The number of nitrogens with one attached hydrogen (secondary N) is 1. The number of hydrogen-bond acceptors (Lipinski definition) is 4. The van der Waals surface area contributed by atoms with Crippen LogP contribution in [-0.4, -0.2) is 34.1 Å². The summed E-state index contributed by atoms with van der Waals surface area (Å²) in [7, 11) is 1.62. The number of ether oxygens (including phenoxy) is 1. The highest BCUT2D eigenvalue weighted by Gasteiger charge is 2.14. The van der Waals surface area contributed by atoms with E-state index in [4.69, 9.17) is 4.74 Å². The highest BCUT2D eigenvalue weighted by molar-refractivity contribution is 5.92. The summed E-state index contributed by atoms with van der Waals surface area (Å²) in [4.78, 5) is 12.4. The molecule has 0 fully saturated rings. The summed E-state index contributed by atoms with van der Waals surface area (Å²) in [6, 6.07) is 17.7. The van der Waals surface area contributed by atoms with Gasteiger partial charge in [0.1, 0.15) is 5.75 Å². The monoisotopic (exact) mass is 350 g/mol. The molecule has 26 heavy (non-hydrogen) atoms. The van der Waals surface area contributed by atoms with E-state index in [-0.39, 0.29) is 11.9 Å². The van der Waals surface area contributed by atoms with E-state index in [1.165, 1.54) is 5.56 Å². The second-order valence-corrected chi connectivity index (χ2v) is 6.15. The van der Waals surface area contributed by atoms with E-state index in [0.717, 1.165) is 24.3 Å². The van der Waals surface area contributed by atoms with E-state index in [2.05, 4.69) is 27.8 Å². The lowest BCUT2D eigenvalue weighted by atomic mass is 10.1. The van der Waals surface area contributed by atoms with Gasteiger partial charge in [-0.25, -0.2) is 4.68 Å². The van der Waals surface area contributed by atoms with Crippen LogP contribution < -0.4 is 10.1 Å². The molecule has 0 bridgehead atoms. The van der Waals surface area contributed by atoms with Gasteiger partial charge in [-0.05, 0) is 49.6 Å². The highest BCUT2D eigenvalue weighted by atomic mass is 16.5. The minimum absolute atomic E-state index is 0.0499. The molecule has 0 unspecified atom stereocenters. The Hall–Kier alpha value is -3.15. The van der Waals surface area contributed by atoms with Gasteiger partial charge in [-0.15, -0.1) is 5.10 Å². The maximum Gasteiger partial charge on any atom is 0.273 e. The summed E-state index contributed by atoms with van der Waals surface area (Å²) in [5.41, 5.74) is 2.38. The van der Waals surface area contributed by atoms with Crippen LogP contribution in [0.25, 0.3) is 5.69 Å². The number of hydrogen-bond donors (Lipinski definition) is 1. The van der Waals surface area contributed by atoms with Crippen LogP contribution in [0, 0.1) is 0 Å². The fourth-order valence-electron chi connectivity index (χ4n) is 2.63. The number of aromatic nitrogens is 3. The Morgan fingerprint density at radius 2 is 1.88 bits per heavy atom. The first-order chi connectivity index (χ1) is 12.7. The molecule has 134 valence electrons. The molecule has 0 saturated carbocycles. The van der Waals surface area contributed by atoms with Crippen molar-refractivity contribution in [3.05, 3.63) is 72.1 Å². The molecule has 0 radical (unpaired) electrons. The van der Waals surface area contributed by atoms with Crippen molar-refractivity contribution >= 4 is 5.91 Å². The maximum atomic E-state index is 12.4. The molecule has 1 atom stereocenters. The zero-order valence-electron chi connectivity index (χ0n) is 14.9. The molecular formula is C20H22N4O2. The number of carbonyl (C=O) groups is 1. The lowest BCUT2D eigenvalue weighted by molar-refractivity contribution is 0.0933. The topological polar surface area (TPSA) is 69.0 Å². The van der Waals surface area contributed by atoms with Gasteiger partial charge >= 0.3 is 0 Å². The number of benzene rings is 2. The van der Waals surface area contributed by atoms with Gasteiger partial charge in [0.05, 0.1) is 19.0 Å². The first kappa shape index (κ1) is 17.7. The molecule has 1 N–H and O–H groups in total. The van der Waals surface area contributed by atoms with E-state index in [9.17, 15) is 4.79 Å². The van der Waals surface area contributed by atoms with Crippen molar-refractivity contribution < 1.29 is 9.53 Å². The minimum Gasteiger partial charge on any atom is -0.497 e. The normalized spacial score (nSPS) is 11.8. The van der Waals surface area contributed by atoms with Crippen LogP contribution in [0.3, 0.4) is 0 Å². The lowest BCUT2D eigenvalue weighted by Crippen LogP contribution is -2.33. The number of aryl methyl sites for hydroxylation is 1. The van der Waals surface area contributed by atoms with Gasteiger partial charge in [0.25, 0.3) is 5.91 Å². The number of rotatable bonds is 7. The Morgan fingerprint density at radius 1 is 1.15 bits per heavy atom. The summed E-state index contributed by atoms with van der Waals surface area (Å²) < 4.78 is 6.71. The average Bonchev–Trinajstić information content (AvgIpc) is 3.18. The molecule has 3 rings (SSSR count). The first-order valence-electron chi connectivity index (χ1n) is 8.57. The van der Waals surface area contributed by atoms with E-state index in [0.29, 0.717) is 5.69 Å². The van der Waals surface area contributed by atoms with Gasteiger partial charge in [0.2, 0.25) is 0 Å². The molecule has 0 aliphatic rings. The molecular weight excluding hydrogens is 328 g/mol. The average molecular weight is 350 g/mol. The third-order valence-corrected chi connectivity index (χ3v) is 4.15. The van der Waals surface area contributed by atoms with E-state index in [1.54, 1.807) is 18.0 Å². The summed E-state index contributed by atoms with van der Waals surface area (Å²) in [5.74, 6) is 0.546. The number of amides is 1. The van der Waals surface area contributed by atoms with E-state index in [1.807, 2.05) is 49.4 Å². The highest BCUT2D eigenvalue weighted by Crippen LogP contribution is 2.14. The van der Waals surface area contributed by atoms with Crippen LogP contribution >= 0.6 is 0 Å². The zero-order chi connectivity index (χ0) is 18.4. The summed E-state index contributed by atoms with van der Waals surface area (Å²) in [6.45, 7) is 1.99. The van der Waals surface area contributed by atoms with Crippen molar-refractivity contribution in [1.82, 2.24) is 20.3 Å². The van der Waals surface area contributed by atoms with Gasteiger partial charge in [-0.3, -0.25) is 4.79 Å². The number of carbonyl (C=O) groups excluding carboxylic acids is 1.